The van der Waals surface area contributed by atoms with Crippen molar-refractivity contribution in [3.63, 3.8) is 0 Å². The topological polar surface area (TPSA) is 68.5 Å². The van der Waals surface area contributed by atoms with Crippen LogP contribution >= 0.6 is 11.6 Å². The van der Waals surface area contributed by atoms with Gasteiger partial charge in [-0.25, -0.2) is 0 Å². The van der Waals surface area contributed by atoms with E-state index in [1.165, 1.54) is 0 Å². The highest BCUT2D eigenvalue weighted by Gasteiger charge is 2.36. The van der Waals surface area contributed by atoms with Crippen LogP contribution in [0.4, 0.5) is 5.69 Å². The van der Waals surface area contributed by atoms with Crippen molar-refractivity contribution in [2.45, 2.75) is 19.3 Å². The van der Waals surface area contributed by atoms with Crippen molar-refractivity contribution in [2.75, 3.05) is 18.6 Å². The lowest BCUT2D eigenvalue weighted by atomic mass is 10.1. The SMILES string of the molecule is COc1ccc(Cl)cc1N1CC(c2nc(C)no2)CC1=O. The third-order valence-corrected chi connectivity index (χ3v) is 3.68. The number of halogens is 1. The second-order valence-electron chi connectivity index (χ2n) is 4.90. The lowest BCUT2D eigenvalue weighted by Crippen LogP contribution is -2.24. The highest BCUT2D eigenvalue weighted by molar-refractivity contribution is 6.31. The van der Waals surface area contributed by atoms with Crippen molar-refractivity contribution < 1.29 is 14.1 Å². The molecule has 2 heterocycles. The number of nitrogens with zero attached hydrogens (tertiary/aromatic N) is 3. The summed E-state index contributed by atoms with van der Waals surface area (Å²) < 4.78 is 10.5. The van der Waals surface area contributed by atoms with Gasteiger partial charge in [-0.05, 0) is 25.1 Å². The summed E-state index contributed by atoms with van der Waals surface area (Å²) in [4.78, 5) is 18.1. The number of methoxy groups -OCH3 is 1. The number of amides is 1. The van der Waals surface area contributed by atoms with E-state index in [-0.39, 0.29) is 11.8 Å². The molecule has 0 bridgehead atoms. The van der Waals surface area contributed by atoms with Gasteiger partial charge in [-0.1, -0.05) is 16.8 Å². The van der Waals surface area contributed by atoms with Crippen molar-refractivity contribution in [1.29, 1.82) is 0 Å². The fraction of sp³-hybridized carbons (Fsp3) is 0.357. The fourth-order valence-corrected chi connectivity index (χ4v) is 2.63. The molecule has 3 rings (SSSR count). The van der Waals surface area contributed by atoms with Crippen molar-refractivity contribution in [1.82, 2.24) is 10.1 Å². The van der Waals surface area contributed by atoms with Crippen molar-refractivity contribution in [3.8, 4) is 5.75 Å². The molecule has 7 heteroatoms. The molecule has 1 aliphatic heterocycles. The van der Waals surface area contributed by atoms with E-state index in [0.29, 0.717) is 41.1 Å². The number of benzene rings is 1. The molecule has 1 amide bonds. The molecule has 1 atom stereocenters. The predicted molar refractivity (Wildman–Crippen MR) is 76.8 cm³/mol. The number of rotatable bonds is 3. The average Bonchev–Trinajstić information content (AvgIpc) is 3.05. The van der Waals surface area contributed by atoms with Gasteiger partial charge in [0.05, 0.1) is 18.7 Å². The molecule has 0 N–H and O–H groups in total. The maximum Gasteiger partial charge on any atom is 0.232 e. The van der Waals surface area contributed by atoms with Crippen LogP contribution in [0.15, 0.2) is 22.7 Å². The predicted octanol–water partition coefficient (Wildman–Crippen LogP) is 2.56. The molecule has 2 aromatic rings. The maximum atomic E-state index is 12.3. The van der Waals surface area contributed by atoms with E-state index < -0.39 is 0 Å². The number of anilines is 1. The van der Waals surface area contributed by atoms with Gasteiger partial charge in [-0.3, -0.25) is 4.79 Å². The smallest absolute Gasteiger partial charge is 0.232 e. The van der Waals surface area contributed by atoms with Crippen LogP contribution in [-0.4, -0.2) is 29.7 Å². The van der Waals surface area contributed by atoms with Crippen LogP contribution in [0.25, 0.3) is 0 Å². The van der Waals surface area contributed by atoms with E-state index in [2.05, 4.69) is 10.1 Å². The van der Waals surface area contributed by atoms with Gasteiger partial charge in [-0.2, -0.15) is 4.98 Å². The second-order valence-corrected chi connectivity index (χ2v) is 5.34. The molecule has 1 aliphatic rings. The number of aryl methyl sites for hydroxylation is 1. The van der Waals surface area contributed by atoms with Crippen LogP contribution in [0.3, 0.4) is 0 Å². The summed E-state index contributed by atoms with van der Waals surface area (Å²) in [6, 6.07) is 5.19. The summed E-state index contributed by atoms with van der Waals surface area (Å²) in [7, 11) is 1.56. The van der Waals surface area contributed by atoms with E-state index in [1.54, 1.807) is 37.1 Å². The van der Waals surface area contributed by atoms with Gasteiger partial charge in [0.25, 0.3) is 0 Å². The molecule has 1 fully saturated rings. The first kappa shape index (κ1) is 13.9. The largest absolute Gasteiger partial charge is 0.495 e. The number of carbonyl (C=O) groups excluding carboxylic acids is 1. The summed E-state index contributed by atoms with van der Waals surface area (Å²) in [5.41, 5.74) is 0.661. The highest BCUT2D eigenvalue weighted by Crippen LogP contribution is 2.37. The summed E-state index contributed by atoms with van der Waals surface area (Å²) in [5.74, 6) is 1.54. The van der Waals surface area contributed by atoms with Gasteiger partial charge in [0, 0.05) is 18.0 Å². The summed E-state index contributed by atoms with van der Waals surface area (Å²) in [5, 5.41) is 4.32. The zero-order valence-electron chi connectivity index (χ0n) is 11.7. The molecule has 110 valence electrons. The number of aromatic nitrogens is 2. The van der Waals surface area contributed by atoms with Gasteiger partial charge in [0.2, 0.25) is 11.8 Å². The Hall–Kier alpha value is -2.08. The Labute approximate surface area is 126 Å². The zero-order valence-corrected chi connectivity index (χ0v) is 12.4. The summed E-state index contributed by atoms with van der Waals surface area (Å²) in [6.45, 7) is 2.22. The first-order valence-corrected chi connectivity index (χ1v) is 6.90. The van der Waals surface area contributed by atoms with Gasteiger partial charge in [0.1, 0.15) is 5.75 Å². The number of hydrogen-bond donors (Lipinski definition) is 0. The minimum atomic E-state index is -0.109. The molecule has 0 aliphatic carbocycles. The second kappa shape index (κ2) is 5.37. The highest BCUT2D eigenvalue weighted by atomic mass is 35.5. The lowest BCUT2D eigenvalue weighted by molar-refractivity contribution is -0.117. The van der Waals surface area contributed by atoms with E-state index in [9.17, 15) is 4.79 Å². The van der Waals surface area contributed by atoms with Gasteiger partial charge in [-0.15, -0.1) is 0 Å². The van der Waals surface area contributed by atoms with Crippen molar-refractivity contribution in [3.05, 3.63) is 34.9 Å². The van der Waals surface area contributed by atoms with E-state index in [1.807, 2.05) is 0 Å². The number of carbonyl (C=O) groups is 1. The quantitative estimate of drug-likeness (QED) is 0.871. The van der Waals surface area contributed by atoms with Crippen molar-refractivity contribution >= 4 is 23.2 Å². The molecule has 1 unspecified atom stereocenters. The van der Waals surface area contributed by atoms with Crippen molar-refractivity contribution in [2.24, 2.45) is 0 Å². The van der Waals surface area contributed by atoms with Gasteiger partial charge in [0.15, 0.2) is 5.82 Å². The lowest BCUT2D eigenvalue weighted by Gasteiger charge is -2.19. The van der Waals surface area contributed by atoms with Crippen LogP contribution in [-0.2, 0) is 4.79 Å². The Kier molecular flexibility index (Phi) is 3.55. The molecular weight excluding hydrogens is 294 g/mol. The molecule has 0 radical (unpaired) electrons. The van der Waals surface area contributed by atoms with Crippen LogP contribution in [0.5, 0.6) is 5.75 Å². The minimum absolute atomic E-state index is 0.0172. The normalized spacial score (nSPS) is 18.3. The Morgan fingerprint density at radius 3 is 2.95 bits per heavy atom. The monoisotopic (exact) mass is 307 g/mol. The van der Waals surface area contributed by atoms with E-state index in [0.717, 1.165) is 0 Å². The molecular formula is C14H14ClN3O3. The Balaban J connectivity index is 1.90. The Morgan fingerprint density at radius 2 is 2.29 bits per heavy atom. The van der Waals surface area contributed by atoms with Crippen LogP contribution in [0, 0.1) is 6.92 Å². The molecule has 1 aromatic heterocycles. The first-order valence-electron chi connectivity index (χ1n) is 6.52. The summed E-state index contributed by atoms with van der Waals surface area (Å²) in [6.07, 6.45) is 0.331. The van der Waals surface area contributed by atoms with Crippen LogP contribution in [0.2, 0.25) is 5.02 Å². The molecule has 6 nitrogen and oxygen atoms in total. The Morgan fingerprint density at radius 1 is 1.48 bits per heavy atom. The zero-order chi connectivity index (χ0) is 15.0. The third-order valence-electron chi connectivity index (χ3n) is 3.45. The fourth-order valence-electron chi connectivity index (χ4n) is 2.46. The average molecular weight is 308 g/mol. The molecule has 0 spiro atoms. The molecule has 0 saturated carbocycles. The standard InChI is InChI=1S/C14H14ClN3O3/c1-8-16-14(21-17-8)9-5-13(19)18(7-9)11-6-10(15)3-4-12(11)20-2/h3-4,6,9H,5,7H2,1-2H3. The Bertz CT molecular complexity index is 686. The summed E-state index contributed by atoms with van der Waals surface area (Å²) >= 11 is 6.02. The molecule has 1 aromatic carbocycles. The van der Waals surface area contributed by atoms with Gasteiger partial charge < -0.3 is 14.2 Å². The molecule has 21 heavy (non-hydrogen) atoms. The minimum Gasteiger partial charge on any atom is -0.495 e. The first-order chi connectivity index (χ1) is 10.1. The molecule has 1 saturated heterocycles. The maximum absolute atomic E-state index is 12.3. The van der Waals surface area contributed by atoms with Crippen LogP contribution in [0.1, 0.15) is 24.1 Å². The van der Waals surface area contributed by atoms with E-state index >= 15 is 0 Å². The third kappa shape index (κ3) is 2.58. The van der Waals surface area contributed by atoms with Crippen LogP contribution < -0.4 is 9.64 Å². The number of hydrogen-bond acceptors (Lipinski definition) is 5. The number of ether oxygens (including phenoxy) is 1. The van der Waals surface area contributed by atoms with Gasteiger partial charge >= 0.3 is 0 Å². The van der Waals surface area contributed by atoms with E-state index in [4.69, 9.17) is 20.9 Å².